The van der Waals surface area contributed by atoms with Crippen LogP contribution in [0.1, 0.15) is 31.1 Å². The maximum Gasteiger partial charge on any atom is 0.339 e. The molecule has 9 nitrogen and oxygen atoms in total. The molecule has 2 aromatic carbocycles. The highest BCUT2D eigenvalue weighted by Crippen LogP contribution is 2.23. The van der Waals surface area contributed by atoms with Crippen LogP contribution in [0.25, 0.3) is 0 Å². The van der Waals surface area contributed by atoms with E-state index in [2.05, 4.69) is 18.9 Å². The van der Waals surface area contributed by atoms with Crippen molar-refractivity contribution in [3.63, 3.8) is 0 Å². The van der Waals surface area contributed by atoms with Crippen LogP contribution in [0.5, 0.6) is 0 Å². The first-order valence-electron chi connectivity index (χ1n) is 7.75. The van der Waals surface area contributed by atoms with E-state index in [0.717, 1.165) is 21.3 Å². The Labute approximate surface area is 161 Å². The molecule has 148 valence electrons. The zero-order chi connectivity index (χ0) is 20.9. The Morgan fingerprint density at radius 3 is 1.79 bits per heavy atom. The molecule has 0 aliphatic rings. The highest BCUT2D eigenvalue weighted by Gasteiger charge is 2.24. The summed E-state index contributed by atoms with van der Waals surface area (Å²) in [6.45, 7) is 0. The summed E-state index contributed by atoms with van der Waals surface area (Å²) in [4.78, 5) is 35.2. The van der Waals surface area contributed by atoms with Gasteiger partial charge in [-0.2, -0.15) is 0 Å². The van der Waals surface area contributed by atoms with E-state index in [9.17, 15) is 22.8 Å². The first-order chi connectivity index (χ1) is 13.2. The Kier molecular flexibility index (Phi) is 6.37. The molecular formula is C18H17NO8S. The maximum atomic E-state index is 12.8. The molecule has 0 spiro atoms. The van der Waals surface area contributed by atoms with Crippen LogP contribution >= 0.6 is 0 Å². The average Bonchev–Trinajstić information content (AvgIpc) is 2.71. The van der Waals surface area contributed by atoms with Crippen molar-refractivity contribution in [1.82, 2.24) is 0 Å². The summed E-state index contributed by atoms with van der Waals surface area (Å²) in [5, 5.41) is 0. The second-order valence-electron chi connectivity index (χ2n) is 5.38. The van der Waals surface area contributed by atoms with Gasteiger partial charge in [-0.05, 0) is 30.3 Å². The lowest BCUT2D eigenvalue weighted by Gasteiger charge is -2.13. The summed E-state index contributed by atoms with van der Waals surface area (Å²) in [6, 6.07) is 9.03. The van der Waals surface area contributed by atoms with Gasteiger partial charge in [-0.3, -0.25) is 4.72 Å². The van der Waals surface area contributed by atoms with Crippen molar-refractivity contribution in [3.8, 4) is 0 Å². The van der Waals surface area contributed by atoms with Crippen molar-refractivity contribution < 1.29 is 37.0 Å². The van der Waals surface area contributed by atoms with Crippen LogP contribution in [0.4, 0.5) is 5.69 Å². The van der Waals surface area contributed by atoms with E-state index in [1.165, 1.54) is 42.5 Å². The average molecular weight is 407 g/mol. The fourth-order valence-electron chi connectivity index (χ4n) is 2.35. The van der Waals surface area contributed by atoms with Gasteiger partial charge < -0.3 is 14.2 Å². The van der Waals surface area contributed by atoms with Crippen molar-refractivity contribution in [1.29, 1.82) is 0 Å². The lowest BCUT2D eigenvalue weighted by atomic mass is 10.1. The quantitative estimate of drug-likeness (QED) is 0.568. The lowest BCUT2D eigenvalue weighted by molar-refractivity contribution is 0.0585. The number of nitrogens with one attached hydrogen (secondary N) is 1. The predicted molar refractivity (Wildman–Crippen MR) is 97.7 cm³/mol. The number of esters is 3. The van der Waals surface area contributed by atoms with E-state index in [4.69, 9.17) is 0 Å². The molecule has 1 N–H and O–H groups in total. The maximum absolute atomic E-state index is 12.8. The summed E-state index contributed by atoms with van der Waals surface area (Å²) in [5.74, 6) is -2.39. The minimum absolute atomic E-state index is 0.0654. The van der Waals surface area contributed by atoms with E-state index >= 15 is 0 Å². The van der Waals surface area contributed by atoms with Crippen LogP contribution in [0.3, 0.4) is 0 Å². The van der Waals surface area contributed by atoms with E-state index in [1.54, 1.807) is 0 Å². The van der Waals surface area contributed by atoms with Crippen LogP contribution < -0.4 is 4.72 Å². The molecule has 0 fully saturated rings. The van der Waals surface area contributed by atoms with E-state index in [0.29, 0.717) is 0 Å². The molecule has 0 bridgehead atoms. The SMILES string of the molecule is COC(=O)c1cc(NS(=O)(=O)c2ccccc2C(=O)OC)cc(C(=O)OC)c1. The standard InChI is InChI=1S/C18H17NO8S/c1-25-16(20)11-8-12(17(21)26-2)10-13(9-11)19-28(23,24)15-7-5-4-6-14(15)18(22)27-3/h4-10,19H,1-3H3. The summed E-state index contributed by atoms with van der Waals surface area (Å²) in [6.07, 6.45) is 0. The fraction of sp³-hybridized carbons (Fsp3) is 0.167. The molecule has 0 aliphatic carbocycles. The number of carbonyl (C=O) groups excluding carboxylic acids is 3. The van der Waals surface area contributed by atoms with Gasteiger partial charge in [0.05, 0.1) is 43.7 Å². The number of carbonyl (C=O) groups is 3. The molecule has 0 saturated heterocycles. The number of ether oxygens (including phenoxy) is 3. The number of methoxy groups -OCH3 is 3. The van der Waals surface area contributed by atoms with Crippen LogP contribution in [0.2, 0.25) is 0 Å². The second kappa shape index (κ2) is 8.53. The molecule has 28 heavy (non-hydrogen) atoms. The second-order valence-corrected chi connectivity index (χ2v) is 7.03. The van der Waals surface area contributed by atoms with Crippen LogP contribution in [-0.4, -0.2) is 47.7 Å². The molecule has 0 atom stereocenters. The third kappa shape index (κ3) is 4.46. The summed E-state index contributed by atoms with van der Waals surface area (Å²) >= 11 is 0. The number of benzene rings is 2. The molecule has 2 aromatic rings. The van der Waals surface area contributed by atoms with Crippen molar-refractivity contribution in [2.24, 2.45) is 0 Å². The molecule has 2 rings (SSSR count). The molecule has 0 radical (unpaired) electrons. The van der Waals surface area contributed by atoms with Gasteiger partial charge in [0, 0.05) is 0 Å². The number of anilines is 1. The topological polar surface area (TPSA) is 125 Å². The van der Waals surface area contributed by atoms with Gasteiger partial charge >= 0.3 is 17.9 Å². The van der Waals surface area contributed by atoms with Crippen LogP contribution in [0, 0.1) is 0 Å². The summed E-state index contributed by atoms with van der Waals surface area (Å²) in [7, 11) is -0.841. The van der Waals surface area contributed by atoms with Gasteiger partial charge in [0.1, 0.15) is 4.90 Å². The molecule has 0 heterocycles. The fourth-order valence-corrected chi connectivity index (χ4v) is 3.58. The van der Waals surface area contributed by atoms with Crippen molar-refractivity contribution >= 4 is 33.6 Å². The number of hydrogen-bond donors (Lipinski definition) is 1. The van der Waals surface area contributed by atoms with Gasteiger partial charge in [-0.1, -0.05) is 12.1 Å². The first-order valence-corrected chi connectivity index (χ1v) is 9.23. The molecule has 0 unspecified atom stereocenters. The van der Waals surface area contributed by atoms with Gasteiger partial charge in [-0.15, -0.1) is 0 Å². The van der Waals surface area contributed by atoms with Crippen LogP contribution in [0.15, 0.2) is 47.4 Å². The molecular weight excluding hydrogens is 390 g/mol. The summed E-state index contributed by atoms with van der Waals surface area (Å²) in [5.41, 5.74) is -0.397. The van der Waals surface area contributed by atoms with Crippen molar-refractivity contribution in [2.45, 2.75) is 4.90 Å². The number of hydrogen-bond acceptors (Lipinski definition) is 8. The Hall–Kier alpha value is -3.40. The minimum atomic E-state index is -4.25. The monoisotopic (exact) mass is 407 g/mol. The van der Waals surface area contributed by atoms with Crippen molar-refractivity contribution in [3.05, 3.63) is 59.2 Å². The van der Waals surface area contributed by atoms with Gasteiger partial charge in [0.15, 0.2) is 0 Å². The van der Waals surface area contributed by atoms with E-state index in [1.807, 2.05) is 0 Å². The third-order valence-electron chi connectivity index (χ3n) is 3.61. The van der Waals surface area contributed by atoms with Gasteiger partial charge in [0.25, 0.3) is 10.0 Å². The largest absolute Gasteiger partial charge is 0.465 e. The van der Waals surface area contributed by atoms with Crippen molar-refractivity contribution in [2.75, 3.05) is 26.1 Å². The first kappa shape index (κ1) is 20.9. The number of rotatable bonds is 6. The van der Waals surface area contributed by atoms with Gasteiger partial charge in [0.2, 0.25) is 0 Å². The molecule has 0 amide bonds. The van der Waals surface area contributed by atoms with E-state index in [-0.39, 0.29) is 27.3 Å². The molecule has 0 aromatic heterocycles. The Morgan fingerprint density at radius 2 is 1.29 bits per heavy atom. The highest BCUT2D eigenvalue weighted by atomic mass is 32.2. The zero-order valence-corrected chi connectivity index (χ0v) is 16.0. The Balaban J connectivity index is 2.54. The minimum Gasteiger partial charge on any atom is -0.465 e. The Morgan fingerprint density at radius 1 is 0.786 bits per heavy atom. The summed E-state index contributed by atoms with van der Waals surface area (Å²) < 4.78 is 41.6. The van der Waals surface area contributed by atoms with Gasteiger partial charge in [-0.25, -0.2) is 22.8 Å². The number of sulfonamides is 1. The lowest BCUT2D eigenvalue weighted by Crippen LogP contribution is -2.18. The predicted octanol–water partition coefficient (Wildman–Crippen LogP) is 1.85. The normalized spacial score (nSPS) is 10.7. The highest BCUT2D eigenvalue weighted by molar-refractivity contribution is 7.92. The zero-order valence-electron chi connectivity index (χ0n) is 15.2. The molecule has 0 aliphatic heterocycles. The van der Waals surface area contributed by atoms with Crippen LogP contribution in [-0.2, 0) is 24.2 Å². The smallest absolute Gasteiger partial charge is 0.339 e. The Bertz CT molecular complexity index is 995. The molecule has 0 saturated carbocycles. The molecule has 10 heteroatoms. The van der Waals surface area contributed by atoms with E-state index < -0.39 is 27.9 Å². The third-order valence-corrected chi connectivity index (χ3v) is 5.05.